The largest absolute Gasteiger partial charge is 0.411 e. The highest BCUT2D eigenvalue weighted by Gasteiger charge is 2.06. The molecule has 1 aromatic carbocycles. The molecule has 3 N–H and O–H groups in total. The lowest BCUT2D eigenvalue weighted by Crippen LogP contribution is -2.17. The number of amides is 2. The Morgan fingerprint density at radius 3 is 2.72 bits per heavy atom. The number of carbonyl (C=O) groups excluding carboxylic acids is 2. The Morgan fingerprint density at radius 2 is 2.06 bits per heavy atom. The van der Waals surface area contributed by atoms with Gasteiger partial charge < -0.3 is 15.8 Å². The summed E-state index contributed by atoms with van der Waals surface area (Å²) in [6.45, 7) is 0. The van der Waals surface area contributed by atoms with Crippen LogP contribution in [-0.4, -0.2) is 24.0 Å². The quantitative estimate of drug-likeness (QED) is 0.826. The zero-order chi connectivity index (χ0) is 13.1. The maximum Gasteiger partial charge on any atom is 0.411 e. The average Bonchev–Trinajstić information content (AvgIpc) is 2.36. The summed E-state index contributed by atoms with van der Waals surface area (Å²) in [5, 5.41) is 4.10. The highest BCUT2D eigenvalue weighted by Crippen LogP contribution is 2.19. The first-order valence-corrected chi connectivity index (χ1v) is 5.19. The summed E-state index contributed by atoms with van der Waals surface area (Å²) in [5.74, 6) is -0.0878. The molecule has 0 unspecified atom stereocenters. The number of benzene rings is 1. The van der Waals surface area contributed by atoms with E-state index in [4.69, 9.17) is 5.73 Å². The van der Waals surface area contributed by atoms with Gasteiger partial charge in [-0.05, 0) is 17.5 Å². The van der Waals surface area contributed by atoms with E-state index in [1.54, 1.807) is 37.5 Å². The minimum atomic E-state index is -0.927. The van der Waals surface area contributed by atoms with Crippen molar-refractivity contribution in [2.24, 2.45) is 5.73 Å². The number of nitrogens with zero attached hydrogens (tertiary/aromatic N) is 1. The van der Waals surface area contributed by atoms with Crippen LogP contribution < -0.4 is 15.8 Å². The lowest BCUT2D eigenvalue weighted by molar-refractivity contribution is 0.0963. The normalized spacial score (nSPS) is 10.1. The molecule has 0 radical (unpaired) electrons. The standard InChI is InChI=1S/C12H11N3O3/c1-14-11(16)7-2-3-8-6-15-10(18-12(13)17)5-9(8)4-7/h2-6H,1H3,(H2,13,17)(H,14,16). The maximum atomic E-state index is 11.5. The van der Waals surface area contributed by atoms with Crippen LogP contribution in [0, 0.1) is 0 Å². The number of hydrogen-bond donors (Lipinski definition) is 2. The third-order valence-electron chi connectivity index (χ3n) is 2.39. The van der Waals surface area contributed by atoms with E-state index in [0.717, 1.165) is 10.8 Å². The molecule has 0 saturated heterocycles. The fourth-order valence-electron chi connectivity index (χ4n) is 1.57. The van der Waals surface area contributed by atoms with Crippen molar-refractivity contribution in [3.63, 3.8) is 0 Å². The summed E-state index contributed by atoms with van der Waals surface area (Å²) in [6.07, 6.45) is 0.616. The summed E-state index contributed by atoms with van der Waals surface area (Å²) in [7, 11) is 1.56. The first-order chi connectivity index (χ1) is 8.60. The van der Waals surface area contributed by atoms with Crippen molar-refractivity contribution in [2.75, 3.05) is 7.05 Å². The van der Waals surface area contributed by atoms with Gasteiger partial charge in [0, 0.05) is 30.3 Å². The van der Waals surface area contributed by atoms with Gasteiger partial charge in [-0.3, -0.25) is 4.79 Å². The maximum absolute atomic E-state index is 11.5. The molecule has 1 heterocycles. The van der Waals surface area contributed by atoms with Crippen molar-refractivity contribution in [1.82, 2.24) is 10.3 Å². The molecule has 0 bridgehead atoms. The van der Waals surface area contributed by atoms with Gasteiger partial charge in [-0.2, -0.15) is 0 Å². The molecule has 2 aromatic rings. The van der Waals surface area contributed by atoms with E-state index in [2.05, 4.69) is 15.0 Å². The molecule has 1 aromatic heterocycles. The Hall–Kier alpha value is -2.63. The Labute approximate surface area is 103 Å². The molecule has 6 heteroatoms. The first-order valence-electron chi connectivity index (χ1n) is 5.19. The minimum absolute atomic E-state index is 0.101. The Morgan fingerprint density at radius 1 is 1.28 bits per heavy atom. The Kier molecular flexibility index (Phi) is 3.09. The van der Waals surface area contributed by atoms with Gasteiger partial charge in [-0.15, -0.1) is 0 Å². The van der Waals surface area contributed by atoms with Gasteiger partial charge in [0.05, 0.1) is 0 Å². The van der Waals surface area contributed by atoms with E-state index in [1.807, 2.05) is 0 Å². The van der Waals surface area contributed by atoms with Gasteiger partial charge in [-0.1, -0.05) is 6.07 Å². The van der Waals surface area contributed by atoms with Gasteiger partial charge in [0.15, 0.2) is 0 Å². The van der Waals surface area contributed by atoms with Crippen molar-refractivity contribution in [2.45, 2.75) is 0 Å². The van der Waals surface area contributed by atoms with Crippen LogP contribution in [0.15, 0.2) is 30.5 Å². The fourth-order valence-corrected chi connectivity index (χ4v) is 1.57. The summed E-state index contributed by atoms with van der Waals surface area (Å²) in [6, 6.07) is 6.69. The SMILES string of the molecule is CNC(=O)c1ccc2cnc(OC(N)=O)cc2c1. The van der Waals surface area contributed by atoms with Crippen LogP contribution in [0.5, 0.6) is 5.88 Å². The smallest absolute Gasteiger partial charge is 0.391 e. The predicted octanol–water partition coefficient (Wildman–Crippen LogP) is 1.05. The number of rotatable bonds is 2. The predicted molar refractivity (Wildman–Crippen MR) is 65.3 cm³/mol. The minimum Gasteiger partial charge on any atom is -0.391 e. The molecular weight excluding hydrogens is 234 g/mol. The molecule has 92 valence electrons. The molecule has 0 aliphatic heterocycles. The van der Waals surface area contributed by atoms with Crippen molar-refractivity contribution >= 4 is 22.8 Å². The molecule has 0 aliphatic rings. The number of carbonyl (C=O) groups is 2. The molecule has 2 rings (SSSR count). The second-order valence-electron chi connectivity index (χ2n) is 3.58. The van der Waals surface area contributed by atoms with Crippen LogP contribution in [0.25, 0.3) is 10.8 Å². The van der Waals surface area contributed by atoms with Crippen molar-refractivity contribution in [3.05, 3.63) is 36.0 Å². The molecular formula is C12H11N3O3. The molecule has 2 amide bonds. The highest BCUT2D eigenvalue weighted by molar-refractivity contribution is 5.98. The number of nitrogens with one attached hydrogen (secondary N) is 1. The third-order valence-corrected chi connectivity index (χ3v) is 2.39. The zero-order valence-electron chi connectivity index (χ0n) is 9.64. The van der Waals surface area contributed by atoms with Crippen LogP contribution in [-0.2, 0) is 0 Å². The summed E-state index contributed by atoms with van der Waals surface area (Å²) < 4.78 is 4.68. The average molecular weight is 245 g/mol. The van der Waals surface area contributed by atoms with Gasteiger partial charge >= 0.3 is 6.09 Å². The van der Waals surface area contributed by atoms with Crippen LogP contribution in [0.4, 0.5) is 4.79 Å². The van der Waals surface area contributed by atoms with Crippen LogP contribution in [0.2, 0.25) is 0 Å². The molecule has 0 atom stereocenters. The summed E-state index contributed by atoms with van der Waals surface area (Å²) >= 11 is 0. The Bertz CT molecular complexity index is 625. The Balaban J connectivity index is 2.46. The molecule has 6 nitrogen and oxygen atoms in total. The van der Waals surface area contributed by atoms with Crippen molar-refractivity contribution in [3.8, 4) is 5.88 Å². The zero-order valence-corrected chi connectivity index (χ0v) is 9.64. The number of pyridine rings is 1. The fraction of sp³-hybridized carbons (Fsp3) is 0.0833. The number of ether oxygens (including phenoxy) is 1. The first kappa shape index (κ1) is 11.8. The molecule has 0 aliphatic carbocycles. The van der Waals surface area contributed by atoms with E-state index in [9.17, 15) is 9.59 Å². The van der Waals surface area contributed by atoms with E-state index in [-0.39, 0.29) is 11.8 Å². The number of nitrogens with two attached hydrogens (primary N) is 1. The monoisotopic (exact) mass is 245 g/mol. The topological polar surface area (TPSA) is 94.3 Å². The van der Waals surface area contributed by atoms with Gasteiger partial charge in [0.2, 0.25) is 5.88 Å². The summed E-state index contributed by atoms with van der Waals surface area (Å²) in [5.41, 5.74) is 5.42. The summed E-state index contributed by atoms with van der Waals surface area (Å²) in [4.78, 5) is 26.0. The van der Waals surface area contributed by atoms with E-state index < -0.39 is 6.09 Å². The van der Waals surface area contributed by atoms with Crippen LogP contribution >= 0.6 is 0 Å². The molecule has 18 heavy (non-hydrogen) atoms. The second kappa shape index (κ2) is 4.70. The van der Waals surface area contributed by atoms with Crippen LogP contribution in [0.3, 0.4) is 0 Å². The van der Waals surface area contributed by atoms with Crippen LogP contribution in [0.1, 0.15) is 10.4 Å². The van der Waals surface area contributed by atoms with Gasteiger partial charge in [-0.25, -0.2) is 9.78 Å². The number of aromatic nitrogens is 1. The van der Waals surface area contributed by atoms with E-state index >= 15 is 0 Å². The van der Waals surface area contributed by atoms with E-state index in [0.29, 0.717) is 5.56 Å². The number of hydrogen-bond acceptors (Lipinski definition) is 4. The van der Waals surface area contributed by atoms with Crippen molar-refractivity contribution in [1.29, 1.82) is 0 Å². The lowest BCUT2D eigenvalue weighted by Gasteiger charge is -2.04. The third kappa shape index (κ3) is 2.37. The van der Waals surface area contributed by atoms with E-state index in [1.165, 1.54) is 0 Å². The van der Waals surface area contributed by atoms with Gasteiger partial charge in [0.1, 0.15) is 0 Å². The number of primary amides is 1. The highest BCUT2D eigenvalue weighted by atomic mass is 16.6. The molecule has 0 spiro atoms. The molecule has 0 fully saturated rings. The van der Waals surface area contributed by atoms with Crippen molar-refractivity contribution < 1.29 is 14.3 Å². The second-order valence-corrected chi connectivity index (χ2v) is 3.58. The molecule has 0 saturated carbocycles. The van der Waals surface area contributed by atoms with Gasteiger partial charge in [0.25, 0.3) is 5.91 Å². The number of fused-ring (bicyclic) bond motifs is 1. The lowest BCUT2D eigenvalue weighted by atomic mass is 10.1.